The highest BCUT2D eigenvalue weighted by molar-refractivity contribution is 7.99. The second-order valence-electron chi connectivity index (χ2n) is 7.99. The molecule has 176 valence electrons. The van der Waals surface area contributed by atoms with E-state index in [0.717, 1.165) is 44.3 Å². The molecule has 0 fully saturated rings. The molecule has 0 spiro atoms. The maximum atomic E-state index is 13.8. The lowest BCUT2D eigenvalue weighted by Crippen LogP contribution is -2.24. The number of aryl methyl sites for hydroxylation is 3. The average molecular weight is 494 g/mol. The van der Waals surface area contributed by atoms with Gasteiger partial charge in [0.25, 0.3) is 5.56 Å². The third-order valence-electron chi connectivity index (χ3n) is 5.87. The van der Waals surface area contributed by atoms with Crippen LogP contribution in [0.25, 0.3) is 15.9 Å². The first-order valence-corrected chi connectivity index (χ1v) is 12.8. The fourth-order valence-electron chi connectivity index (χ4n) is 3.91. The number of hydrogen-bond donors (Lipinski definition) is 1. The first kappa shape index (κ1) is 24.0. The van der Waals surface area contributed by atoms with Gasteiger partial charge in [0.2, 0.25) is 5.91 Å². The first-order valence-electron chi connectivity index (χ1n) is 11.0. The Bertz CT molecular complexity index is 1420. The number of anilines is 1. The van der Waals surface area contributed by atoms with E-state index in [9.17, 15) is 9.59 Å². The number of aromatic nitrogens is 2. The Morgan fingerprint density at radius 3 is 2.56 bits per heavy atom. The summed E-state index contributed by atoms with van der Waals surface area (Å²) in [6, 6.07) is 13.1. The molecule has 0 atom stereocenters. The summed E-state index contributed by atoms with van der Waals surface area (Å²) >= 11 is 2.80. The first-order chi connectivity index (χ1) is 16.3. The number of amides is 1. The van der Waals surface area contributed by atoms with Gasteiger partial charge in [0.05, 0.1) is 23.9 Å². The zero-order valence-corrected chi connectivity index (χ0v) is 21.5. The van der Waals surface area contributed by atoms with Crippen LogP contribution < -0.4 is 15.6 Å². The van der Waals surface area contributed by atoms with Crippen molar-refractivity contribution in [3.8, 4) is 11.4 Å². The van der Waals surface area contributed by atoms with E-state index in [4.69, 9.17) is 9.72 Å². The number of carbonyl (C=O) groups is 1. The summed E-state index contributed by atoms with van der Waals surface area (Å²) in [7, 11) is 1.60. The lowest BCUT2D eigenvalue weighted by molar-refractivity contribution is -0.113. The van der Waals surface area contributed by atoms with Crippen LogP contribution in [0.3, 0.4) is 0 Å². The number of hydrogen-bond acceptors (Lipinski definition) is 6. The maximum absolute atomic E-state index is 13.8. The largest absolute Gasteiger partial charge is 0.497 e. The molecule has 0 radical (unpaired) electrons. The molecule has 4 aromatic rings. The van der Waals surface area contributed by atoms with E-state index in [1.807, 2.05) is 39.0 Å². The summed E-state index contributed by atoms with van der Waals surface area (Å²) in [5.74, 6) is 0.675. The predicted octanol–water partition coefficient (Wildman–Crippen LogP) is 5.67. The Kier molecular flexibility index (Phi) is 7.09. The van der Waals surface area contributed by atoms with Crippen molar-refractivity contribution in [3.63, 3.8) is 0 Å². The molecule has 0 saturated heterocycles. The van der Waals surface area contributed by atoms with Gasteiger partial charge in [-0.3, -0.25) is 14.2 Å². The topological polar surface area (TPSA) is 73.2 Å². The molecule has 6 nitrogen and oxygen atoms in total. The number of nitrogens with zero attached hydrogens (tertiary/aromatic N) is 2. The summed E-state index contributed by atoms with van der Waals surface area (Å²) in [5, 5.41) is 4.08. The van der Waals surface area contributed by atoms with E-state index in [1.165, 1.54) is 23.1 Å². The van der Waals surface area contributed by atoms with E-state index in [-0.39, 0.29) is 17.2 Å². The highest BCUT2D eigenvalue weighted by Gasteiger charge is 2.21. The zero-order valence-electron chi connectivity index (χ0n) is 19.9. The highest BCUT2D eigenvalue weighted by Crippen LogP contribution is 2.31. The maximum Gasteiger partial charge on any atom is 0.267 e. The third kappa shape index (κ3) is 4.60. The van der Waals surface area contributed by atoms with Crippen molar-refractivity contribution in [3.05, 3.63) is 74.4 Å². The van der Waals surface area contributed by atoms with Crippen molar-refractivity contribution in [2.75, 3.05) is 18.2 Å². The summed E-state index contributed by atoms with van der Waals surface area (Å²) < 4.78 is 6.83. The molecule has 0 aliphatic heterocycles. The van der Waals surface area contributed by atoms with Gasteiger partial charge >= 0.3 is 0 Å². The zero-order chi connectivity index (χ0) is 24.4. The number of thiophene rings is 1. The van der Waals surface area contributed by atoms with Gasteiger partial charge in [-0.1, -0.05) is 30.8 Å². The molecule has 2 heterocycles. The van der Waals surface area contributed by atoms with Crippen LogP contribution in [0.15, 0.2) is 52.4 Å². The smallest absolute Gasteiger partial charge is 0.267 e. The number of carbonyl (C=O) groups excluding carboxylic acids is 1. The number of ether oxygens (including phenoxy) is 1. The molecule has 0 aliphatic carbocycles. The molecule has 34 heavy (non-hydrogen) atoms. The SMILES string of the molecule is CCc1c(C)sc2nc(SCC(=O)Nc3ccc(OC)cc3)n(-c3cccc(C)c3C)c(=O)c12. The molecule has 0 aliphatic rings. The molecule has 2 aromatic carbocycles. The van der Waals surface area contributed by atoms with E-state index in [2.05, 4.69) is 12.2 Å². The number of rotatable bonds is 7. The number of nitrogens with one attached hydrogen (secondary N) is 1. The van der Waals surface area contributed by atoms with Gasteiger partial charge in [-0.15, -0.1) is 11.3 Å². The molecular formula is C26H27N3O3S2. The Balaban J connectivity index is 1.73. The molecule has 0 saturated carbocycles. The third-order valence-corrected chi connectivity index (χ3v) is 7.85. The lowest BCUT2D eigenvalue weighted by atomic mass is 10.1. The summed E-state index contributed by atoms with van der Waals surface area (Å²) in [6.45, 7) is 8.12. The van der Waals surface area contributed by atoms with Crippen LogP contribution in [0, 0.1) is 20.8 Å². The molecular weight excluding hydrogens is 466 g/mol. The number of methoxy groups -OCH3 is 1. The van der Waals surface area contributed by atoms with E-state index in [0.29, 0.717) is 16.2 Å². The number of thioether (sulfide) groups is 1. The normalized spacial score (nSPS) is 11.1. The quantitative estimate of drug-likeness (QED) is 0.265. The summed E-state index contributed by atoms with van der Waals surface area (Å²) in [6.07, 6.45) is 0.770. The van der Waals surface area contributed by atoms with E-state index < -0.39 is 0 Å². The van der Waals surface area contributed by atoms with Gasteiger partial charge in [0.15, 0.2) is 5.16 Å². The fourth-order valence-corrected chi connectivity index (χ4v) is 5.87. The van der Waals surface area contributed by atoms with Gasteiger partial charge in [-0.05, 0) is 74.2 Å². The molecule has 0 unspecified atom stereocenters. The Labute approximate surface area is 207 Å². The summed E-state index contributed by atoms with van der Waals surface area (Å²) in [4.78, 5) is 33.2. The number of fused-ring (bicyclic) bond motifs is 1. The van der Waals surface area contributed by atoms with Crippen LogP contribution in [-0.2, 0) is 11.2 Å². The van der Waals surface area contributed by atoms with Gasteiger partial charge in [-0.25, -0.2) is 4.98 Å². The van der Waals surface area contributed by atoms with Crippen LogP contribution in [0.4, 0.5) is 5.69 Å². The van der Waals surface area contributed by atoms with Crippen molar-refractivity contribution in [2.45, 2.75) is 39.3 Å². The molecule has 8 heteroatoms. The Hall–Kier alpha value is -3.10. The van der Waals surface area contributed by atoms with Crippen LogP contribution in [0.5, 0.6) is 5.75 Å². The highest BCUT2D eigenvalue weighted by atomic mass is 32.2. The van der Waals surface area contributed by atoms with Crippen molar-refractivity contribution in [1.29, 1.82) is 0 Å². The van der Waals surface area contributed by atoms with Gasteiger partial charge in [-0.2, -0.15) is 0 Å². The average Bonchev–Trinajstić information content (AvgIpc) is 3.15. The van der Waals surface area contributed by atoms with Gasteiger partial charge in [0, 0.05) is 10.6 Å². The van der Waals surface area contributed by atoms with Crippen molar-refractivity contribution in [2.24, 2.45) is 0 Å². The molecule has 0 bridgehead atoms. The second kappa shape index (κ2) is 10.0. The minimum Gasteiger partial charge on any atom is -0.497 e. The van der Waals surface area contributed by atoms with Gasteiger partial charge in [0.1, 0.15) is 10.6 Å². The predicted molar refractivity (Wildman–Crippen MR) is 141 cm³/mol. The standard InChI is InChI=1S/C26H27N3O3S2/c1-6-20-17(4)34-24-23(20)25(31)29(21-9-7-8-15(2)16(21)3)26(28-24)33-14-22(30)27-18-10-12-19(32-5)13-11-18/h7-13H,6,14H2,1-5H3,(H,27,30). The minimum absolute atomic E-state index is 0.0852. The lowest BCUT2D eigenvalue weighted by Gasteiger charge is -2.16. The van der Waals surface area contributed by atoms with Crippen molar-refractivity contribution < 1.29 is 9.53 Å². The molecule has 2 aromatic heterocycles. The molecule has 1 N–H and O–H groups in total. The minimum atomic E-state index is -0.173. The Morgan fingerprint density at radius 2 is 1.88 bits per heavy atom. The van der Waals surface area contributed by atoms with Crippen LogP contribution in [-0.4, -0.2) is 28.3 Å². The van der Waals surface area contributed by atoms with Crippen molar-refractivity contribution >= 4 is 44.9 Å². The fraction of sp³-hybridized carbons (Fsp3) is 0.269. The van der Waals surface area contributed by atoms with E-state index >= 15 is 0 Å². The molecule has 4 rings (SSSR count). The van der Waals surface area contributed by atoms with Crippen LogP contribution in [0.2, 0.25) is 0 Å². The van der Waals surface area contributed by atoms with Crippen LogP contribution >= 0.6 is 23.1 Å². The second-order valence-corrected chi connectivity index (χ2v) is 10.1. The Morgan fingerprint density at radius 1 is 1.15 bits per heavy atom. The van der Waals surface area contributed by atoms with Crippen molar-refractivity contribution in [1.82, 2.24) is 9.55 Å². The molecule has 1 amide bonds. The number of benzene rings is 2. The van der Waals surface area contributed by atoms with E-state index in [1.54, 1.807) is 35.9 Å². The summed E-state index contributed by atoms with van der Waals surface area (Å²) in [5.41, 5.74) is 4.55. The van der Waals surface area contributed by atoms with Gasteiger partial charge < -0.3 is 10.1 Å². The monoisotopic (exact) mass is 493 g/mol. The van der Waals surface area contributed by atoms with Crippen LogP contribution in [0.1, 0.15) is 28.5 Å².